The van der Waals surface area contributed by atoms with E-state index in [1.165, 1.54) is 0 Å². The fraction of sp³-hybridized carbons (Fsp3) is 0.545. The quantitative estimate of drug-likeness (QED) is 0.480. The lowest BCUT2D eigenvalue weighted by Crippen LogP contribution is -2.32. The second kappa shape index (κ2) is 7.33. The summed E-state index contributed by atoms with van der Waals surface area (Å²) in [6.45, 7) is 13.8. The molecule has 0 aromatic rings. The molecule has 0 N–H and O–H groups in total. The first kappa shape index (κ1) is 12.9. The lowest BCUT2D eigenvalue weighted by Gasteiger charge is -2.22. The molecule has 0 fully saturated rings. The molecule has 0 atom stereocenters. The van der Waals surface area contributed by atoms with Crippen molar-refractivity contribution in [1.82, 2.24) is 4.90 Å². The standard InChI is InChI=1S/C11H20N2O/c1-6-11(12-10(3)4)13(7-2)8-9-14-5/h6H,1,3,7-9H2,2,4-5H3. The molecule has 0 rings (SSSR count). The van der Waals surface area contributed by atoms with Gasteiger partial charge >= 0.3 is 0 Å². The highest BCUT2D eigenvalue weighted by molar-refractivity contribution is 5.93. The van der Waals surface area contributed by atoms with Gasteiger partial charge in [-0.15, -0.1) is 0 Å². The molecule has 80 valence electrons. The Morgan fingerprint density at radius 1 is 1.57 bits per heavy atom. The average molecular weight is 196 g/mol. The molecular weight excluding hydrogens is 176 g/mol. The van der Waals surface area contributed by atoms with Crippen LogP contribution in [0, 0.1) is 0 Å². The number of likely N-dealkylation sites (N-methyl/N-ethyl adjacent to an activating group) is 1. The van der Waals surface area contributed by atoms with Crippen molar-refractivity contribution >= 4 is 5.84 Å². The van der Waals surface area contributed by atoms with Gasteiger partial charge in [0.2, 0.25) is 0 Å². The molecule has 0 aromatic carbocycles. The molecule has 0 aliphatic heterocycles. The highest BCUT2D eigenvalue weighted by atomic mass is 16.5. The van der Waals surface area contributed by atoms with Crippen molar-refractivity contribution in [2.24, 2.45) is 4.99 Å². The fourth-order valence-electron chi connectivity index (χ4n) is 1.08. The smallest absolute Gasteiger partial charge is 0.128 e. The van der Waals surface area contributed by atoms with Gasteiger partial charge in [0.25, 0.3) is 0 Å². The molecule has 0 radical (unpaired) electrons. The molecule has 0 aliphatic carbocycles. The first-order valence-corrected chi connectivity index (χ1v) is 4.76. The van der Waals surface area contributed by atoms with Gasteiger partial charge in [0, 0.05) is 25.9 Å². The van der Waals surface area contributed by atoms with Crippen LogP contribution in [0.2, 0.25) is 0 Å². The van der Waals surface area contributed by atoms with Gasteiger partial charge in [-0.3, -0.25) is 0 Å². The van der Waals surface area contributed by atoms with E-state index in [2.05, 4.69) is 30.0 Å². The maximum absolute atomic E-state index is 5.02. The van der Waals surface area contributed by atoms with Gasteiger partial charge in [-0.1, -0.05) is 13.2 Å². The zero-order valence-electron chi connectivity index (χ0n) is 9.42. The Hall–Kier alpha value is -1.09. The zero-order chi connectivity index (χ0) is 11.0. The van der Waals surface area contributed by atoms with Crippen molar-refractivity contribution < 1.29 is 4.74 Å². The van der Waals surface area contributed by atoms with Gasteiger partial charge in [0.1, 0.15) is 5.84 Å². The number of rotatable bonds is 6. The number of ether oxygens (including phenoxy) is 1. The molecule has 3 heteroatoms. The van der Waals surface area contributed by atoms with Gasteiger partial charge in [0.05, 0.1) is 6.61 Å². The summed E-state index contributed by atoms with van der Waals surface area (Å²) >= 11 is 0. The second-order valence-corrected chi connectivity index (χ2v) is 2.98. The minimum atomic E-state index is 0.691. The van der Waals surface area contributed by atoms with Crippen LogP contribution >= 0.6 is 0 Å². The summed E-state index contributed by atoms with van der Waals surface area (Å²) in [7, 11) is 1.69. The summed E-state index contributed by atoms with van der Waals surface area (Å²) in [4.78, 5) is 6.40. The molecule has 3 nitrogen and oxygen atoms in total. The van der Waals surface area contributed by atoms with Crippen molar-refractivity contribution in [3.8, 4) is 0 Å². The highest BCUT2D eigenvalue weighted by Crippen LogP contribution is 1.98. The number of nitrogens with zero attached hydrogens (tertiary/aromatic N) is 2. The maximum atomic E-state index is 5.02. The number of aliphatic imine (C=N–C) groups is 1. The molecule has 0 aliphatic rings. The number of allylic oxidation sites excluding steroid dienone is 1. The van der Waals surface area contributed by atoms with Crippen molar-refractivity contribution in [2.45, 2.75) is 13.8 Å². The third kappa shape index (κ3) is 4.82. The number of hydrogen-bond donors (Lipinski definition) is 0. The lowest BCUT2D eigenvalue weighted by molar-refractivity contribution is 0.178. The Morgan fingerprint density at radius 3 is 2.57 bits per heavy atom. The van der Waals surface area contributed by atoms with Crippen LogP contribution < -0.4 is 0 Å². The monoisotopic (exact) mass is 196 g/mol. The van der Waals surface area contributed by atoms with E-state index in [0.29, 0.717) is 6.61 Å². The minimum Gasteiger partial charge on any atom is -0.383 e. The van der Waals surface area contributed by atoms with E-state index in [1.54, 1.807) is 13.2 Å². The Labute approximate surface area is 86.8 Å². The third-order valence-corrected chi connectivity index (χ3v) is 1.76. The van der Waals surface area contributed by atoms with Crippen LogP contribution in [0.3, 0.4) is 0 Å². The topological polar surface area (TPSA) is 24.8 Å². The molecule has 0 bridgehead atoms. The van der Waals surface area contributed by atoms with Crippen molar-refractivity contribution in [1.29, 1.82) is 0 Å². The Morgan fingerprint density at radius 2 is 2.21 bits per heavy atom. The molecule has 0 unspecified atom stereocenters. The SMILES string of the molecule is C=CC(=NC(=C)C)N(CC)CCOC. The van der Waals surface area contributed by atoms with E-state index in [9.17, 15) is 0 Å². The summed E-state index contributed by atoms with van der Waals surface area (Å²) in [5, 5.41) is 0. The Kier molecular flexibility index (Phi) is 6.76. The second-order valence-electron chi connectivity index (χ2n) is 2.98. The lowest BCUT2D eigenvalue weighted by atomic mass is 10.4. The van der Waals surface area contributed by atoms with Crippen LogP contribution in [-0.2, 0) is 4.74 Å². The van der Waals surface area contributed by atoms with Gasteiger partial charge < -0.3 is 9.64 Å². The Bertz CT molecular complexity index is 221. The molecular formula is C11H20N2O. The van der Waals surface area contributed by atoms with Crippen LogP contribution in [0.1, 0.15) is 13.8 Å². The first-order valence-electron chi connectivity index (χ1n) is 4.76. The summed E-state index contributed by atoms with van der Waals surface area (Å²) in [6.07, 6.45) is 1.74. The number of amidine groups is 1. The fourth-order valence-corrected chi connectivity index (χ4v) is 1.08. The largest absolute Gasteiger partial charge is 0.383 e. The Balaban J connectivity index is 4.44. The summed E-state index contributed by atoms with van der Waals surface area (Å²) in [5.41, 5.74) is 0.788. The van der Waals surface area contributed by atoms with E-state index >= 15 is 0 Å². The number of hydrogen-bond acceptors (Lipinski definition) is 2. The van der Waals surface area contributed by atoms with E-state index in [-0.39, 0.29) is 0 Å². The maximum Gasteiger partial charge on any atom is 0.128 e. The minimum absolute atomic E-state index is 0.691. The normalized spacial score (nSPS) is 11.2. The molecule has 14 heavy (non-hydrogen) atoms. The van der Waals surface area contributed by atoms with Crippen LogP contribution in [-0.4, -0.2) is 37.5 Å². The van der Waals surface area contributed by atoms with Gasteiger partial charge in [-0.05, 0) is 19.9 Å². The summed E-state index contributed by atoms with van der Waals surface area (Å²) < 4.78 is 5.02. The van der Waals surface area contributed by atoms with Crippen LogP contribution in [0.4, 0.5) is 0 Å². The van der Waals surface area contributed by atoms with Gasteiger partial charge in [0.15, 0.2) is 0 Å². The first-order chi connectivity index (χ1) is 6.65. The number of methoxy groups -OCH3 is 1. The molecule has 0 aromatic heterocycles. The van der Waals surface area contributed by atoms with Crippen molar-refractivity contribution in [3.05, 3.63) is 24.9 Å². The van der Waals surface area contributed by atoms with Crippen molar-refractivity contribution in [3.63, 3.8) is 0 Å². The van der Waals surface area contributed by atoms with E-state index < -0.39 is 0 Å². The zero-order valence-corrected chi connectivity index (χ0v) is 9.42. The molecule has 0 spiro atoms. The predicted octanol–water partition coefficient (Wildman–Crippen LogP) is 2.07. The summed E-state index contributed by atoms with van der Waals surface area (Å²) in [6, 6.07) is 0. The molecule has 0 saturated carbocycles. The van der Waals surface area contributed by atoms with Gasteiger partial charge in [-0.2, -0.15) is 0 Å². The van der Waals surface area contributed by atoms with E-state index in [1.807, 2.05) is 6.92 Å². The molecule has 0 saturated heterocycles. The van der Waals surface area contributed by atoms with Gasteiger partial charge in [-0.25, -0.2) is 4.99 Å². The molecule has 0 amide bonds. The van der Waals surface area contributed by atoms with Crippen molar-refractivity contribution in [2.75, 3.05) is 26.8 Å². The highest BCUT2D eigenvalue weighted by Gasteiger charge is 2.04. The predicted molar refractivity (Wildman–Crippen MR) is 61.6 cm³/mol. The van der Waals surface area contributed by atoms with Crippen LogP contribution in [0.25, 0.3) is 0 Å². The van der Waals surface area contributed by atoms with E-state index in [0.717, 1.165) is 24.6 Å². The average Bonchev–Trinajstić information content (AvgIpc) is 2.16. The third-order valence-electron chi connectivity index (χ3n) is 1.76. The van der Waals surface area contributed by atoms with Crippen LogP contribution in [0.15, 0.2) is 29.9 Å². The molecule has 0 heterocycles. The van der Waals surface area contributed by atoms with E-state index in [4.69, 9.17) is 4.74 Å². The van der Waals surface area contributed by atoms with Crippen LogP contribution in [0.5, 0.6) is 0 Å². The summed E-state index contributed by atoms with van der Waals surface area (Å²) in [5.74, 6) is 0.858.